The van der Waals surface area contributed by atoms with Crippen molar-refractivity contribution in [2.75, 3.05) is 13.7 Å². The molecule has 0 amide bonds. The number of benzene rings is 1. The lowest BCUT2D eigenvalue weighted by Crippen LogP contribution is -2.06. The van der Waals surface area contributed by atoms with Crippen LogP contribution in [-0.4, -0.2) is 18.8 Å². The monoisotopic (exact) mass is 332 g/mol. The standard InChI is InChI=1S/C13H15FO.C8H14O/c1-9-2-4-10(5-3-9)12-7-6-11(15)8-13(12)14;1-4-5-6-8(2)7-9-3/h2,4,6-10,15H,3,5H2,1H3;4-6H,7H2,1-3H3/b;5-4-,8-6-. The van der Waals surface area contributed by atoms with Crippen LogP contribution < -0.4 is 0 Å². The van der Waals surface area contributed by atoms with Crippen molar-refractivity contribution in [3.63, 3.8) is 0 Å². The van der Waals surface area contributed by atoms with Gasteiger partial charge in [-0.2, -0.15) is 0 Å². The smallest absolute Gasteiger partial charge is 0.130 e. The van der Waals surface area contributed by atoms with Crippen molar-refractivity contribution in [2.24, 2.45) is 5.92 Å². The summed E-state index contributed by atoms with van der Waals surface area (Å²) >= 11 is 0. The lowest BCUT2D eigenvalue weighted by atomic mass is 9.85. The third kappa shape index (κ3) is 7.14. The fraction of sp³-hybridized carbons (Fsp3) is 0.429. The second kappa shape index (κ2) is 10.8. The first-order valence-corrected chi connectivity index (χ1v) is 8.42. The highest BCUT2D eigenvalue weighted by molar-refractivity contribution is 5.32. The number of hydrogen-bond donors (Lipinski definition) is 1. The number of aromatic hydroxyl groups is 1. The number of rotatable bonds is 4. The van der Waals surface area contributed by atoms with Crippen molar-refractivity contribution in [1.82, 2.24) is 0 Å². The van der Waals surface area contributed by atoms with E-state index in [0.29, 0.717) is 11.5 Å². The highest BCUT2D eigenvalue weighted by Gasteiger charge is 2.17. The molecule has 2 rings (SSSR count). The van der Waals surface area contributed by atoms with Crippen LogP contribution in [0.1, 0.15) is 45.1 Å². The fourth-order valence-corrected chi connectivity index (χ4v) is 2.57. The van der Waals surface area contributed by atoms with E-state index >= 15 is 0 Å². The first-order chi connectivity index (χ1) is 11.5. The van der Waals surface area contributed by atoms with Gasteiger partial charge in [-0.25, -0.2) is 4.39 Å². The van der Waals surface area contributed by atoms with Crippen LogP contribution in [0.5, 0.6) is 5.75 Å². The molecule has 0 aromatic heterocycles. The van der Waals surface area contributed by atoms with E-state index in [4.69, 9.17) is 9.84 Å². The molecule has 1 aromatic carbocycles. The molecule has 24 heavy (non-hydrogen) atoms. The molecule has 0 radical (unpaired) electrons. The Morgan fingerprint density at radius 2 is 2.08 bits per heavy atom. The van der Waals surface area contributed by atoms with Crippen LogP contribution >= 0.6 is 0 Å². The SMILES string of the molecule is C/C=C\C=C(\C)COC.CC1C=CC(c2ccc(O)cc2F)CC1. The fourth-order valence-electron chi connectivity index (χ4n) is 2.57. The zero-order valence-electron chi connectivity index (χ0n) is 15.1. The molecule has 0 saturated carbocycles. The van der Waals surface area contributed by atoms with Gasteiger partial charge in [-0.1, -0.05) is 43.4 Å². The van der Waals surface area contributed by atoms with Crippen molar-refractivity contribution in [3.8, 4) is 5.75 Å². The van der Waals surface area contributed by atoms with Gasteiger partial charge in [-0.3, -0.25) is 0 Å². The molecule has 0 saturated heterocycles. The van der Waals surface area contributed by atoms with Crippen LogP contribution in [0, 0.1) is 11.7 Å². The molecule has 2 nitrogen and oxygen atoms in total. The Balaban J connectivity index is 0.000000277. The second-order valence-electron chi connectivity index (χ2n) is 6.22. The van der Waals surface area contributed by atoms with E-state index in [1.54, 1.807) is 19.2 Å². The Kier molecular flexibility index (Phi) is 9.10. The Morgan fingerprint density at radius 1 is 1.33 bits per heavy atom. The van der Waals surface area contributed by atoms with E-state index in [2.05, 4.69) is 19.1 Å². The zero-order chi connectivity index (χ0) is 17.9. The van der Waals surface area contributed by atoms with Crippen molar-refractivity contribution >= 4 is 0 Å². The van der Waals surface area contributed by atoms with E-state index in [0.717, 1.165) is 19.4 Å². The van der Waals surface area contributed by atoms with Gasteiger partial charge in [0.05, 0.1) is 6.61 Å². The van der Waals surface area contributed by atoms with Gasteiger partial charge in [0.25, 0.3) is 0 Å². The average molecular weight is 332 g/mol. The summed E-state index contributed by atoms with van der Waals surface area (Å²) in [5.74, 6) is 0.451. The molecule has 1 aliphatic rings. The summed E-state index contributed by atoms with van der Waals surface area (Å²) in [5.41, 5.74) is 1.94. The van der Waals surface area contributed by atoms with Crippen LogP contribution in [0.2, 0.25) is 0 Å². The molecule has 0 heterocycles. The maximum Gasteiger partial charge on any atom is 0.130 e. The molecule has 1 N–H and O–H groups in total. The average Bonchev–Trinajstić information content (AvgIpc) is 2.55. The van der Waals surface area contributed by atoms with Crippen LogP contribution in [-0.2, 0) is 4.74 Å². The highest BCUT2D eigenvalue weighted by Crippen LogP contribution is 2.32. The van der Waals surface area contributed by atoms with Crippen molar-refractivity contribution in [1.29, 1.82) is 0 Å². The molecular weight excluding hydrogens is 303 g/mol. The minimum absolute atomic E-state index is 0.00981. The van der Waals surface area contributed by atoms with E-state index in [-0.39, 0.29) is 17.5 Å². The Labute approximate surface area is 145 Å². The van der Waals surface area contributed by atoms with E-state index < -0.39 is 0 Å². The second-order valence-corrected chi connectivity index (χ2v) is 6.22. The molecule has 3 heteroatoms. The summed E-state index contributed by atoms with van der Waals surface area (Å²) in [7, 11) is 1.70. The van der Waals surface area contributed by atoms with Gasteiger partial charge in [0.15, 0.2) is 0 Å². The van der Waals surface area contributed by atoms with Crippen LogP contribution in [0.4, 0.5) is 4.39 Å². The lowest BCUT2D eigenvalue weighted by Gasteiger charge is -2.21. The lowest BCUT2D eigenvalue weighted by molar-refractivity contribution is 0.226. The third-order valence-electron chi connectivity index (χ3n) is 3.93. The summed E-state index contributed by atoms with van der Waals surface area (Å²) in [6, 6.07) is 4.40. The van der Waals surface area contributed by atoms with Gasteiger partial charge in [0, 0.05) is 19.1 Å². The van der Waals surface area contributed by atoms with Gasteiger partial charge < -0.3 is 9.84 Å². The molecule has 0 spiro atoms. The number of phenols is 1. The maximum atomic E-state index is 13.5. The molecule has 0 aliphatic heterocycles. The summed E-state index contributed by atoms with van der Waals surface area (Å²) in [4.78, 5) is 0. The quantitative estimate of drug-likeness (QED) is 0.561. The largest absolute Gasteiger partial charge is 0.508 e. The Morgan fingerprint density at radius 3 is 2.62 bits per heavy atom. The predicted molar refractivity (Wildman–Crippen MR) is 98.8 cm³/mol. The molecule has 2 unspecified atom stereocenters. The normalized spacial score (nSPS) is 20.8. The topological polar surface area (TPSA) is 29.5 Å². The van der Waals surface area contributed by atoms with Gasteiger partial charge in [0.2, 0.25) is 0 Å². The van der Waals surface area contributed by atoms with Crippen molar-refractivity contribution in [2.45, 2.75) is 39.5 Å². The predicted octanol–water partition coefficient (Wildman–Crippen LogP) is 5.76. The molecule has 1 aromatic rings. The molecule has 0 fully saturated rings. The number of phenolic OH excluding ortho intramolecular Hbond substituents is 1. The van der Waals surface area contributed by atoms with Gasteiger partial charge in [-0.15, -0.1) is 0 Å². The summed E-state index contributed by atoms with van der Waals surface area (Å²) in [6.07, 6.45) is 12.3. The van der Waals surface area contributed by atoms with Gasteiger partial charge >= 0.3 is 0 Å². The van der Waals surface area contributed by atoms with Gasteiger partial charge in [-0.05, 0) is 49.8 Å². The van der Waals surface area contributed by atoms with E-state index in [1.807, 2.05) is 32.1 Å². The first-order valence-electron chi connectivity index (χ1n) is 8.42. The van der Waals surface area contributed by atoms with Crippen LogP contribution in [0.25, 0.3) is 0 Å². The third-order valence-corrected chi connectivity index (χ3v) is 3.93. The van der Waals surface area contributed by atoms with E-state index in [1.165, 1.54) is 11.6 Å². The minimum atomic E-state index is -0.306. The number of hydrogen-bond acceptors (Lipinski definition) is 2. The zero-order valence-corrected chi connectivity index (χ0v) is 15.1. The summed E-state index contributed by atoms with van der Waals surface area (Å²) in [5, 5.41) is 9.12. The van der Waals surface area contributed by atoms with Crippen molar-refractivity contribution < 1.29 is 14.2 Å². The minimum Gasteiger partial charge on any atom is -0.508 e. The number of halogens is 1. The van der Waals surface area contributed by atoms with Crippen LogP contribution in [0.3, 0.4) is 0 Å². The molecule has 0 bridgehead atoms. The van der Waals surface area contributed by atoms with Crippen LogP contribution in [0.15, 0.2) is 54.2 Å². The van der Waals surface area contributed by atoms with Gasteiger partial charge in [0.1, 0.15) is 11.6 Å². The van der Waals surface area contributed by atoms with Crippen molar-refractivity contribution in [3.05, 3.63) is 65.5 Å². The number of ether oxygens (including phenoxy) is 1. The molecule has 132 valence electrons. The first kappa shape index (κ1) is 20.2. The molecule has 2 atom stereocenters. The highest BCUT2D eigenvalue weighted by atomic mass is 19.1. The Hall–Kier alpha value is -1.87. The molecular formula is C21H29FO2. The number of allylic oxidation sites excluding steroid dienone is 5. The number of methoxy groups -OCH3 is 1. The molecule has 1 aliphatic carbocycles. The van der Waals surface area contributed by atoms with E-state index in [9.17, 15) is 4.39 Å². The summed E-state index contributed by atoms with van der Waals surface area (Å²) in [6.45, 7) is 6.93. The summed E-state index contributed by atoms with van der Waals surface area (Å²) < 4.78 is 18.4. The Bertz CT molecular complexity index is 588. The maximum absolute atomic E-state index is 13.5.